The summed E-state index contributed by atoms with van der Waals surface area (Å²) in [4.78, 5) is 43.7. The summed E-state index contributed by atoms with van der Waals surface area (Å²) in [7, 11) is 0. The van der Waals surface area contributed by atoms with Crippen LogP contribution in [0, 0.1) is 6.92 Å². The van der Waals surface area contributed by atoms with Crippen LogP contribution in [0.2, 0.25) is 0 Å². The number of hydrogen-bond acceptors (Lipinski definition) is 6. The summed E-state index contributed by atoms with van der Waals surface area (Å²) in [5.74, 6) is -0.284. The third-order valence-corrected chi connectivity index (χ3v) is 7.37. The second-order valence-corrected chi connectivity index (χ2v) is 9.60. The van der Waals surface area contributed by atoms with Gasteiger partial charge in [-0.25, -0.2) is 9.78 Å². The molecule has 0 saturated heterocycles. The first-order chi connectivity index (χ1) is 17.0. The summed E-state index contributed by atoms with van der Waals surface area (Å²) in [6.45, 7) is 1.96. The molecule has 1 amide bonds. The number of fused-ring (bicyclic) bond motifs is 2. The topological polar surface area (TPSA) is 90.3 Å². The van der Waals surface area contributed by atoms with Gasteiger partial charge in [0.15, 0.2) is 6.61 Å². The second kappa shape index (κ2) is 9.84. The average molecular weight is 488 g/mol. The van der Waals surface area contributed by atoms with Gasteiger partial charge in [0.1, 0.15) is 15.5 Å². The van der Waals surface area contributed by atoms with Gasteiger partial charge >= 0.3 is 5.97 Å². The molecular weight excluding hydrogens is 462 g/mol. The van der Waals surface area contributed by atoms with Crippen LogP contribution in [-0.2, 0) is 22.5 Å². The molecule has 0 spiro atoms. The average Bonchev–Trinajstić information content (AvgIpc) is 3.03. The van der Waals surface area contributed by atoms with Gasteiger partial charge in [0, 0.05) is 18.7 Å². The smallest absolute Gasteiger partial charge is 0.349 e. The number of ether oxygens (including phenoxy) is 1. The fourth-order valence-electron chi connectivity index (χ4n) is 4.37. The van der Waals surface area contributed by atoms with Gasteiger partial charge in [0.25, 0.3) is 11.5 Å². The molecule has 178 valence electrons. The van der Waals surface area contributed by atoms with E-state index in [1.807, 2.05) is 42.5 Å². The Morgan fingerprint density at radius 3 is 2.54 bits per heavy atom. The summed E-state index contributed by atoms with van der Waals surface area (Å²) in [6.07, 6.45) is 3.78. The van der Waals surface area contributed by atoms with Crippen molar-refractivity contribution >= 4 is 39.1 Å². The monoisotopic (exact) mass is 487 g/mol. The maximum atomic E-state index is 13.1. The quantitative estimate of drug-likeness (QED) is 0.402. The van der Waals surface area contributed by atoms with Gasteiger partial charge in [-0.15, -0.1) is 11.3 Å². The predicted molar refractivity (Wildman–Crippen MR) is 137 cm³/mol. The summed E-state index contributed by atoms with van der Waals surface area (Å²) < 4.78 is 7.01. The number of thiophene rings is 1. The van der Waals surface area contributed by atoms with Crippen LogP contribution in [0.5, 0.6) is 0 Å². The molecule has 5 rings (SSSR count). The van der Waals surface area contributed by atoms with Gasteiger partial charge in [0.05, 0.1) is 5.39 Å². The van der Waals surface area contributed by atoms with Crippen LogP contribution in [-0.4, -0.2) is 28.0 Å². The largest absolute Gasteiger partial charge is 0.451 e. The minimum atomic E-state index is -0.625. The SMILES string of the molecule is Cc1c(C(=O)OCC(=O)Nc2ccc(-c3ccccc3)cc2)sc2nc3n(c(=O)c12)CCCCC3. The molecule has 0 bridgehead atoms. The lowest BCUT2D eigenvalue weighted by Crippen LogP contribution is -2.24. The molecule has 1 N–H and O–H groups in total. The van der Waals surface area contributed by atoms with Crippen molar-refractivity contribution in [2.75, 3.05) is 11.9 Å². The van der Waals surface area contributed by atoms with Crippen LogP contribution in [0.4, 0.5) is 5.69 Å². The standard InChI is InChI=1S/C27H25N3O4S/c1-17-23-25(29-21-10-6-3-7-15-30(21)26(23)32)35-24(17)27(33)34-16-22(31)28-20-13-11-19(12-14-20)18-8-4-2-5-9-18/h2,4-5,8-9,11-14H,3,6-7,10,15-16H2,1H3,(H,28,31). The molecule has 8 heteroatoms. The summed E-state index contributed by atoms with van der Waals surface area (Å²) in [5.41, 5.74) is 3.20. The van der Waals surface area contributed by atoms with E-state index in [1.165, 1.54) is 0 Å². The Kier molecular flexibility index (Phi) is 6.46. The minimum Gasteiger partial charge on any atom is -0.451 e. The first kappa shape index (κ1) is 23.0. The Hall–Kier alpha value is -3.78. The van der Waals surface area contributed by atoms with E-state index >= 15 is 0 Å². The highest BCUT2D eigenvalue weighted by molar-refractivity contribution is 7.20. The van der Waals surface area contributed by atoms with Gasteiger partial charge in [0.2, 0.25) is 0 Å². The zero-order valence-corrected chi connectivity index (χ0v) is 20.2. The van der Waals surface area contributed by atoms with E-state index in [-0.39, 0.29) is 5.56 Å². The number of aryl methyl sites for hydroxylation is 2. The van der Waals surface area contributed by atoms with Crippen molar-refractivity contribution in [1.29, 1.82) is 0 Å². The van der Waals surface area contributed by atoms with Gasteiger partial charge in [-0.1, -0.05) is 48.9 Å². The summed E-state index contributed by atoms with van der Waals surface area (Å²) in [6, 6.07) is 17.4. The third kappa shape index (κ3) is 4.74. The Bertz CT molecular complexity index is 1460. The molecule has 7 nitrogen and oxygen atoms in total. The van der Waals surface area contributed by atoms with Crippen molar-refractivity contribution in [3.8, 4) is 11.1 Å². The third-order valence-electron chi connectivity index (χ3n) is 6.21. The Labute approximate surface area is 206 Å². The van der Waals surface area contributed by atoms with Crippen LogP contribution in [0.25, 0.3) is 21.3 Å². The first-order valence-corrected chi connectivity index (χ1v) is 12.5. The Morgan fingerprint density at radius 1 is 1.03 bits per heavy atom. The maximum Gasteiger partial charge on any atom is 0.349 e. The lowest BCUT2D eigenvalue weighted by atomic mass is 10.1. The van der Waals surface area contributed by atoms with E-state index < -0.39 is 18.5 Å². The number of hydrogen-bond donors (Lipinski definition) is 1. The van der Waals surface area contributed by atoms with Crippen molar-refractivity contribution in [1.82, 2.24) is 9.55 Å². The van der Waals surface area contributed by atoms with E-state index in [4.69, 9.17) is 4.74 Å². The lowest BCUT2D eigenvalue weighted by molar-refractivity contribution is -0.119. The normalized spacial score (nSPS) is 13.2. The van der Waals surface area contributed by atoms with E-state index in [9.17, 15) is 14.4 Å². The molecule has 4 aromatic rings. The van der Waals surface area contributed by atoms with Crippen molar-refractivity contribution < 1.29 is 14.3 Å². The summed E-state index contributed by atoms with van der Waals surface area (Å²) >= 11 is 1.15. The molecule has 2 aromatic carbocycles. The van der Waals surface area contributed by atoms with Gasteiger partial charge in [-0.3, -0.25) is 14.2 Å². The molecular formula is C27H25N3O4S. The zero-order chi connectivity index (χ0) is 24.4. The van der Waals surface area contributed by atoms with Gasteiger partial charge in [-0.2, -0.15) is 0 Å². The van der Waals surface area contributed by atoms with E-state index in [0.29, 0.717) is 32.9 Å². The van der Waals surface area contributed by atoms with E-state index in [0.717, 1.165) is 54.0 Å². The highest BCUT2D eigenvalue weighted by Crippen LogP contribution is 2.29. The molecule has 0 fully saturated rings. The first-order valence-electron chi connectivity index (χ1n) is 11.7. The molecule has 35 heavy (non-hydrogen) atoms. The molecule has 0 aliphatic carbocycles. The molecule has 0 unspecified atom stereocenters. The molecule has 0 saturated carbocycles. The van der Waals surface area contributed by atoms with Gasteiger partial charge in [-0.05, 0) is 48.6 Å². The lowest BCUT2D eigenvalue weighted by Gasteiger charge is -2.08. The number of amides is 1. The van der Waals surface area contributed by atoms with Crippen molar-refractivity contribution in [2.45, 2.75) is 39.2 Å². The number of esters is 1. The molecule has 3 heterocycles. The maximum absolute atomic E-state index is 13.1. The molecule has 0 radical (unpaired) electrons. The van der Waals surface area contributed by atoms with Crippen LogP contribution < -0.4 is 10.9 Å². The predicted octanol–water partition coefficient (Wildman–Crippen LogP) is 4.96. The zero-order valence-electron chi connectivity index (χ0n) is 19.4. The molecule has 0 atom stereocenters. The fourth-order valence-corrected chi connectivity index (χ4v) is 5.46. The number of rotatable bonds is 5. The second-order valence-electron chi connectivity index (χ2n) is 8.60. The van der Waals surface area contributed by atoms with E-state index in [1.54, 1.807) is 23.6 Å². The van der Waals surface area contributed by atoms with Crippen molar-refractivity contribution in [3.05, 3.63) is 81.2 Å². The van der Waals surface area contributed by atoms with Gasteiger partial charge < -0.3 is 10.1 Å². The highest BCUT2D eigenvalue weighted by Gasteiger charge is 2.23. The number of carbonyl (C=O) groups is 2. The summed E-state index contributed by atoms with van der Waals surface area (Å²) in [5, 5.41) is 3.21. The highest BCUT2D eigenvalue weighted by atomic mass is 32.1. The number of anilines is 1. The Morgan fingerprint density at radius 2 is 1.77 bits per heavy atom. The molecule has 1 aliphatic rings. The number of nitrogens with one attached hydrogen (secondary N) is 1. The fraction of sp³-hybridized carbons (Fsp3) is 0.259. The minimum absolute atomic E-state index is 0.101. The number of benzene rings is 2. The van der Waals surface area contributed by atoms with Crippen LogP contribution >= 0.6 is 11.3 Å². The van der Waals surface area contributed by atoms with Crippen LogP contribution in [0.3, 0.4) is 0 Å². The number of aromatic nitrogens is 2. The van der Waals surface area contributed by atoms with E-state index in [2.05, 4.69) is 10.3 Å². The Balaban J connectivity index is 1.26. The number of carbonyl (C=O) groups excluding carboxylic acids is 2. The van der Waals surface area contributed by atoms with Crippen molar-refractivity contribution in [3.63, 3.8) is 0 Å². The molecule has 1 aliphatic heterocycles. The number of nitrogens with zero attached hydrogens (tertiary/aromatic N) is 2. The van der Waals surface area contributed by atoms with Crippen molar-refractivity contribution in [2.24, 2.45) is 0 Å². The van der Waals surface area contributed by atoms with Crippen LogP contribution in [0.1, 0.15) is 40.3 Å². The molecule has 2 aromatic heterocycles. The van der Waals surface area contributed by atoms with Crippen LogP contribution in [0.15, 0.2) is 59.4 Å².